The molecule has 46 heavy (non-hydrogen) atoms. The summed E-state index contributed by atoms with van der Waals surface area (Å²) in [5.74, 6) is -0.0787. The number of rotatable bonds is 14. The summed E-state index contributed by atoms with van der Waals surface area (Å²) in [4.78, 5) is 40.8. The van der Waals surface area contributed by atoms with Crippen LogP contribution in [-0.4, -0.2) is 44.0 Å². The number of nitrogens with one attached hydrogen (secondary N) is 1. The summed E-state index contributed by atoms with van der Waals surface area (Å²) >= 11 is 1.58. The summed E-state index contributed by atoms with van der Waals surface area (Å²) in [6, 6.07) is 34.3. The maximum absolute atomic E-state index is 13.2. The summed E-state index contributed by atoms with van der Waals surface area (Å²) in [6.07, 6.45) is 3.71. The van der Waals surface area contributed by atoms with Gasteiger partial charge in [0.1, 0.15) is 18.4 Å². The molecule has 0 fully saturated rings. The molecule has 1 atom stereocenters. The van der Waals surface area contributed by atoms with E-state index < -0.39 is 12.0 Å². The Kier molecular flexibility index (Phi) is 11.1. The van der Waals surface area contributed by atoms with Gasteiger partial charge in [-0.2, -0.15) is 11.3 Å². The molecule has 0 bridgehead atoms. The zero-order valence-electron chi connectivity index (χ0n) is 25.4. The van der Waals surface area contributed by atoms with Crippen LogP contribution in [0.2, 0.25) is 0 Å². The third-order valence-electron chi connectivity index (χ3n) is 7.27. The first-order valence-corrected chi connectivity index (χ1v) is 15.8. The summed E-state index contributed by atoms with van der Waals surface area (Å²) in [5.41, 5.74) is 4.23. The van der Waals surface area contributed by atoms with E-state index in [2.05, 4.69) is 5.32 Å². The van der Waals surface area contributed by atoms with E-state index in [1.165, 1.54) is 7.11 Å². The van der Waals surface area contributed by atoms with Gasteiger partial charge in [0.15, 0.2) is 5.78 Å². The first-order chi connectivity index (χ1) is 22.5. The lowest BCUT2D eigenvalue weighted by Crippen LogP contribution is -2.33. The van der Waals surface area contributed by atoms with E-state index in [1.807, 2.05) is 102 Å². The molecule has 1 heterocycles. The average Bonchev–Trinajstić information content (AvgIpc) is 3.64. The highest BCUT2D eigenvalue weighted by atomic mass is 32.1. The van der Waals surface area contributed by atoms with Crippen molar-refractivity contribution in [1.82, 2.24) is 0 Å². The first-order valence-electron chi connectivity index (χ1n) is 14.8. The number of esters is 1. The van der Waals surface area contributed by atoms with Gasteiger partial charge in [-0.3, -0.25) is 9.59 Å². The second kappa shape index (κ2) is 16.0. The molecule has 0 aliphatic rings. The van der Waals surface area contributed by atoms with Crippen LogP contribution in [0.15, 0.2) is 132 Å². The second-order valence-corrected chi connectivity index (χ2v) is 11.2. The van der Waals surface area contributed by atoms with Crippen molar-refractivity contribution in [2.45, 2.75) is 12.5 Å². The SMILES string of the molecule is COC(=O)[C@H](Cc1ccc(OCCN(C(=O)C=Cc2ccsc2)c2ccccc2)cc1)Nc1ccccc1C(=O)c1ccccc1. The van der Waals surface area contributed by atoms with Crippen molar-refractivity contribution < 1.29 is 23.9 Å². The van der Waals surface area contributed by atoms with Gasteiger partial charge in [0.25, 0.3) is 5.91 Å². The molecular weight excluding hydrogens is 596 g/mol. The molecule has 0 aliphatic heterocycles. The number of hydrogen-bond acceptors (Lipinski definition) is 7. The van der Waals surface area contributed by atoms with Crippen LogP contribution in [-0.2, 0) is 20.7 Å². The molecule has 7 nitrogen and oxygen atoms in total. The summed E-state index contributed by atoms with van der Waals surface area (Å²) in [6.45, 7) is 0.638. The molecule has 1 N–H and O–H groups in total. The van der Waals surface area contributed by atoms with Gasteiger partial charge < -0.3 is 19.7 Å². The summed E-state index contributed by atoms with van der Waals surface area (Å²) in [5, 5.41) is 7.19. The number of ketones is 1. The van der Waals surface area contributed by atoms with Crippen molar-refractivity contribution in [2.24, 2.45) is 0 Å². The maximum Gasteiger partial charge on any atom is 0.328 e. The fourth-order valence-electron chi connectivity index (χ4n) is 4.89. The Bertz CT molecular complexity index is 1750. The van der Waals surface area contributed by atoms with Gasteiger partial charge in [-0.15, -0.1) is 0 Å². The van der Waals surface area contributed by atoms with Crippen LogP contribution in [0.3, 0.4) is 0 Å². The number of hydrogen-bond donors (Lipinski definition) is 1. The number of ether oxygens (including phenoxy) is 2. The Labute approximate surface area is 272 Å². The lowest BCUT2D eigenvalue weighted by atomic mass is 10.00. The van der Waals surface area contributed by atoms with Gasteiger partial charge in [0.05, 0.1) is 13.7 Å². The maximum atomic E-state index is 13.2. The molecule has 8 heteroatoms. The Hall–Kier alpha value is -5.47. The van der Waals surface area contributed by atoms with Crippen molar-refractivity contribution in [3.05, 3.63) is 154 Å². The molecule has 4 aromatic carbocycles. The molecule has 0 unspecified atom stereocenters. The Morgan fingerprint density at radius 2 is 1.54 bits per heavy atom. The van der Waals surface area contributed by atoms with Gasteiger partial charge >= 0.3 is 5.97 Å². The lowest BCUT2D eigenvalue weighted by Gasteiger charge is -2.22. The number of amides is 1. The van der Waals surface area contributed by atoms with Gasteiger partial charge in [-0.1, -0.05) is 72.8 Å². The molecule has 0 aliphatic carbocycles. The number of anilines is 2. The number of nitrogens with zero attached hydrogens (tertiary/aromatic N) is 1. The minimum Gasteiger partial charge on any atom is -0.492 e. The van der Waals surface area contributed by atoms with E-state index >= 15 is 0 Å². The molecule has 0 radical (unpaired) electrons. The molecule has 0 saturated carbocycles. The normalized spacial score (nSPS) is 11.5. The topological polar surface area (TPSA) is 84.9 Å². The molecular formula is C38H34N2O5S. The molecule has 1 aromatic heterocycles. The Morgan fingerprint density at radius 1 is 0.848 bits per heavy atom. The molecule has 5 rings (SSSR count). The van der Waals surface area contributed by atoms with Crippen LogP contribution in [0.25, 0.3) is 6.08 Å². The minimum atomic E-state index is -0.728. The number of benzene rings is 4. The van der Waals surface area contributed by atoms with Crippen LogP contribution in [0.4, 0.5) is 11.4 Å². The highest BCUT2D eigenvalue weighted by molar-refractivity contribution is 7.08. The largest absolute Gasteiger partial charge is 0.492 e. The summed E-state index contributed by atoms with van der Waals surface area (Å²) < 4.78 is 11.1. The van der Waals surface area contributed by atoms with Gasteiger partial charge in [0, 0.05) is 35.0 Å². The predicted molar refractivity (Wildman–Crippen MR) is 184 cm³/mol. The van der Waals surface area contributed by atoms with E-state index in [1.54, 1.807) is 52.6 Å². The standard InChI is InChI=1S/C38H34N2O5S/c1-44-38(43)35(39-34-15-9-8-14-33(34)37(42)30-10-4-2-5-11-30)26-28-16-19-32(20-17-28)45-24-23-40(31-12-6-3-7-13-31)36(41)21-18-29-22-25-46-27-29/h2-22,25,27,35,39H,23-24,26H2,1H3/t35-/m0/s1. The smallest absolute Gasteiger partial charge is 0.328 e. The fraction of sp³-hybridized carbons (Fsp3) is 0.132. The van der Waals surface area contributed by atoms with Crippen LogP contribution >= 0.6 is 11.3 Å². The highest BCUT2D eigenvalue weighted by Crippen LogP contribution is 2.23. The Morgan fingerprint density at radius 3 is 2.24 bits per heavy atom. The van der Waals surface area contributed by atoms with Crippen LogP contribution in [0.5, 0.6) is 5.75 Å². The average molecular weight is 631 g/mol. The highest BCUT2D eigenvalue weighted by Gasteiger charge is 2.23. The van der Waals surface area contributed by atoms with Crippen LogP contribution in [0, 0.1) is 0 Å². The van der Waals surface area contributed by atoms with Crippen LogP contribution < -0.4 is 15.0 Å². The van der Waals surface area contributed by atoms with E-state index in [-0.39, 0.29) is 18.3 Å². The fourth-order valence-corrected chi connectivity index (χ4v) is 5.52. The molecule has 232 valence electrons. The number of carbonyl (C=O) groups is 3. The zero-order valence-corrected chi connectivity index (χ0v) is 26.2. The number of methoxy groups -OCH3 is 1. The molecule has 0 spiro atoms. The second-order valence-electron chi connectivity index (χ2n) is 10.4. The lowest BCUT2D eigenvalue weighted by molar-refractivity contribution is -0.141. The van der Waals surface area contributed by atoms with Gasteiger partial charge in [-0.25, -0.2) is 4.79 Å². The van der Waals surface area contributed by atoms with Crippen molar-refractivity contribution in [2.75, 3.05) is 30.5 Å². The van der Waals surface area contributed by atoms with Crippen molar-refractivity contribution in [3.8, 4) is 5.75 Å². The molecule has 0 saturated heterocycles. The van der Waals surface area contributed by atoms with Crippen molar-refractivity contribution >= 4 is 46.4 Å². The van der Waals surface area contributed by atoms with E-state index in [0.29, 0.717) is 35.5 Å². The zero-order chi connectivity index (χ0) is 32.1. The van der Waals surface area contributed by atoms with E-state index in [9.17, 15) is 14.4 Å². The Balaban J connectivity index is 1.22. The number of thiophene rings is 1. The van der Waals surface area contributed by atoms with E-state index in [4.69, 9.17) is 9.47 Å². The number of para-hydroxylation sites is 2. The first kappa shape index (κ1) is 31.9. The monoisotopic (exact) mass is 630 g/mol. The molecule has 1 amide bonds. The summed E-state index contributed by atoms with van der Waals surface area (Å²) in [7, 11) is 1.34. The quantitative estimate of drug-likeness (QED) is 0.0788. The molecule has 5 aromatic rings. The van der Waals surface area contributed by atoms with Crippen molar-refractivity contribution in [3.63, 3.8) is 0 Å². The predicted octanol–water partition coefficient (Wildman–Crippen LogP) is 7.30. The van der Waals surface area contributed by atoms with Crippen molar-refractivity contribution in [1.29, 1.82) is 0 Å². The number of carbonyl (C=O) groups excluding carboxylic acids is 3. The van der Waals surface area contributed by atoms with Crippen LogP contribution in [0.1, 0.15) is 27.0 Å². The van der Waals surface area contributed by atoms with E-state index in [0.717, 1.165) is 16.8 Å². The minimum absolute atomic E-state index is 0.134. The van der Waals surface area contributed by atoms with Gasteiger partial charge in [0.2, 0.25) is 0 Å². The third kappa shape index (κ3) is 8.58. The third-order valence-corrected chi connectivity index (χ3v) is 7.97. The van der Waals surface area contributed by atoms with Gasteiger partial charge in [-0.05, 0) is 70.4 Å².